The Morgan fingerprint density at radius 2 is 2.41 bits per heavy atom. The Morgan fingerprint density at radius 3 is 2.94 bits per heavy atom. The zero-order valence-electron chi connectivity index (χ0n) is 9.86. The van der Waals surface area contributed by atoms with Crippen molar-refractivity contribution in [2.24, 2.45) is 11.7 Å². The molecule has 0 aliphatic heterocycles. The minimum absolute atomic E-state index is 0.0309. The molecule has 1 saturated carbocycles. The Bertz CT molecular complexity index is 407. The van der Waals surface area contributed by atoms with Gasteiger partial charge in [0.05, 0.1) is 12.5 Å². The summed E-state index contributed by atoms with van der Waals surface area (Å²) in [7, 11) is 1.86. The maximum Gasteiger partial charge on any atom is 0.227 e. The molecule has 1 fully saturated rings. The lowest BCUT2D eigenvalue weighted by Gasteiger charge is -2.22. The van der Waals surface area contributed by atoms with Crippen LogP contribution in [-0.4, -0.2) is 23.9 Å². The molecule has 2 rings (SSSR count). The Morgan fingerprint density at radius 1 is 1.65 bits per heavy atom. The highest BCUT2D eigenvalue weighted by Gasteiger charge is 2.32. The maximum atomic E-state index is 12.2. The van der Waals surface area contributed by atoms with Crippen molar-refractivity contribution in [1.29, 1.82) is 0 Å². The highest BCUT2D eigenvalue weighted by molar-refractivity contribution is 9.10. The molecule has 1 aliphatic rings. The molecule has 0 saturated heterocycles. The number of carbonyl (C=O) groups is 1. The number of halogens is 1. The van der Waals surface area contributed by atoms with E-state index in [0.717, 1.165) is 23.7 Å². The largest absolute Gasteiger partial charge is 0.340 e. The van der Waals surface area contributed by atoms with Crippen molar-refractivity contribution in [3.05, 3.63) is 20.8 Å². The minimum Gasteiger partial charge on any atom is -0.340 e. The Labute approximate surface area is 114 Å². The fourth-order valence-corrected chi connectivity index (χ4v) is 3.83. The van der Waals surface area contributed by atoms with Crippen molar-refractivity contribution in [2.45, 2.75) is 31.8 Å². The summed E-state index contributed by atoms with van der Waals surface area (Å²) in [5, 5.41) is 2.04. The summed E-state index contributed by atoms with van der Waals surface area (Å²) >= 11 is 5.09. The average molecular weight is 317 g/mol. The first-order valence-electron chi connectivity index (χ1n) is 5.81. The number of thiophene rings is 1. The molecule has 2 unspecified atom stereocenters. The van der Waals surface area contributed by atoms with Crippen LogP contribution in [0, 0.1) is 5.92 Å². The van der Waals surface area contributed by atoms with Gasteiger partial charge in [-0.05, 0) is 34.8 Å². The van der Waals surface area contributed by atoms with Crippen molar-refractivity contribution in [3.8, 4) is 0 Å². The number of amides is 1. The predicted molar refractivity (Wildman–Crippen MR) is 73.8 cm³/mol. The van der Waals surface area contributed by atoms with Crippen LogP contribution < -0.4 is 5.73 Å². The van der Waals surface area contributed by atoms with E-state index in [0.29, 0.717) is 6.54 Å². The van der Waals surface area contributed by atoms with Crippen molar-refractivity contribution in [2.75, 3.05) is 7.05 Å². The van der Waals surface area contributed by atoms with E-state index >= 15 is 0 Å². The number of carbonyl (C=O) groups excluding carboxylic acids is 1. The van der Waals surface area contributed by atoms with Crippen LogP contribution in [0.15, 0.2) is 15.9 Å². The van der Waals surface area contributed by atoms with E-state index in [1.165, 1.54) is 4.88 Å². The van der Waals surface area contributed by atoms with Gasteiger partial charge in [-0.15, -0.1) is 11.3 Å². The third kappa shape index (κ3) is 3.09. The molecule has 94 valence electrons. The molecule has 2 N–H and O–H groups in total. The summed E-state index contributed by atoms with van der Waals surface area (Å²) in [6.07, 6.45) is 3.00. The van der Waals surface area contributed by atoms with E-state index in [4.69, 9.17) is 5.73 Å². The number of nitrogens with zero attached hydrogens (tertiary/aromatic N) is 1. The molecule has 1 aromatic heterocycles. The lowest BCUT2D eigenvalue weighted by Crippen LogP contribution is -2.39. The van der Waals surface area contributed by atoms with Crippen LogP contribution in [0.5, 0.6) is 0 Å². The normalized spacial score (nSPS) is 23.9. The number of hydrogen-bond donors (Lipinski definition) is 1. The number of hydrogen-bond acceptors (Lipinski definition) is 3. The van der Waals surface area contributed by atoms with Gasteiger partial charge >= 0.3 is 0 Å². The van der Waals surface area contributed by atoms with E-state index in [1.54, 1.807) is 16.2 Å². The van der Waals surface area contributed by atoms with Gasteiger partial charge in [0.2, 0.25) is 5.91 Å². The quantitative estimate of drug-likeness (QED) is 0.931. The molecule has 3 nitrogen and oxygen atoms in total. The van der Waals surface area contributed by atoms with Gasteiger partial charge < -0.3 is 10.6 Å². The number of rotatable bonds is 3. The summed E-state index contributed by atoms with van der Waals surface area (Å²) in [6.45, 7) is 0.679. The van der Waals surface area contributed by atoms with Crippen LogP contribution in [0.1, 0.15) is 24.1 Å². The zero-order chi connectivity index (χ0) is 12.4. The van der Waals surface area contributed by atoms with Gasteiger partial charge in [-0.3, -0.25) is 4.79 Å². The molecular weight excluding hydrogens is 300 g/mol. The predicted octanol–water partition coefficient (Wildman–Crippen LogP) is 2.60. The molecule has 2 atom stereocenters. The zero-order valence-corrected chi connectivity index (χ0v) is 12.3. The second kappa shape index (κ2) is 5.50. The minimum atomic E-state index is 0.0309. The molecule has 1 amide bonds. The van der Waals surface area contributed by atoms with Crippen LogP contribution in [0.3, 0.4) is 0 Å². The lowest BCUT2D eigenvalue weighted by molar-refractivity contribution is -0.134. The van der Waals surface area contributed by atoms with Crippen molar-refractivity contribution in [3.63, 3.8) is 0 Å². The van der Waals surface area contributed by atoms with Crippen molar-refractivity contribution in [1.82, 2.24) is 4.90 Å². The second-order valence-electron chi connectivity index (χ2n) is 4.63. The smallest absolute Gasteiger partial charge is 0.227 e. The topological polar surface area (TPSA) is 46.3 Å². The van der Waals surface area contributed by atoms with Gasteiger partial charge in [-0.1, -0.05) is 6.42 Å². The first-order valence-corrected chi connectivity index (χ1v) is 7.48. The molecule has 0 radical (unpaired) electrons. The summed E-state index contributed by atoms with van der Waals surface area (Å²) in [6, 6.07) is 2.11. The number of nitrogens with two attached hydrogens (primary N) is 1. The summed E-state index contributed by atoms with van der Waals surface area (Å²) in [4.78, 5) is 15.2. The highest BCUT2D eigenvalue weighted by Crippen LogP contribution is 2.27. The van der Waals surface area contributed by atoms with Gasteiger partial charge in [0, 0.05) is 27.8 Å². The van der Waals surface area contributed by atoms with E-state index in [-0.39, 0.29) is 17.9 Å². The van der Waals surface area contributed by atoms with E-state index in [9.17, 15) is 4.79 Å². The standard InChI is InChI=1S/C12H17BrN2OS/c1-15(6-9-5-8(13)7-17-9)12(16)10-3-2-4-11(10)14/h5,7,10-11H,2-4,6,14H2,1H3. The molecule has 1 heterocycles. The van der Waals surface area contributed by atoms with Gasteiger partial charge in [-0.2, -0.15) is 0 Å². The summed E-state index contributed by atoms with van der Waals surface area (Å²) < 4.78 is 1.08. The van der Waals surface area contributed by atoms with Crippen LogP contribution >= 0.6 is 27.3 Å². The maximum absolute atomic E-state index is 12.2. The van der Waals surface area contributed by atoms with Crippen LogP contribution in [-0.2, 0) is 11.3 Å². The van der Waals surface area contributed by atoms with Crippen LogP contribution in [0.2, 0.25) is 0 Å². The van der Waals surface area contributed by atoms with E-state index in [1.807, 2.05) is 12.4 Å². The fourth-order valence-electron chi connectivity index (χ4n) is 2.33. The second-order valence-corrected chi connectivity index (χ2v) is 6.54. The molecule has 0 bridgehead atoms. The molecule has 1 aromatic rings. The SMILES string of the molecule is CN(Cc1cc(Br)cs1)C(=O)C1CCCC1N. The summed E-state index contributed by atoms with van der Waals surface area (Å²) in [5.41, 5.74) is 5.96. The third-order valence-electron chi connectivity index (χ3n) is 3.28. The third-order valence-corrected chi connectivity index (χ3v) is 4.96. The Hall–Kier alpha value is -0.390. The van der Waals surface area contributed by atoms with E-state index in [2.05, 4.69) is 22.0 Å². The highest BCUT2D eigenvalue weighted by atomic mass is 79.9. The fraction of sp³-hybridized carbons (Fsp3) is 0.583. The molecule has 1 aliphatic carbocycles. The summed E-state index contributed by atoms with van der Waals surface area (Å²) in [5.74, 6) is 0.225. The van der Waals surface area contributed by atoms with Crippen LogP contribution in [0.4, 0.5) is 0 Å². The van der Waals surface area contributed by atoms with Crippen LogP contribution in [0.25, 0.3) is 0 Å². The van der Waals surface area contributed by atoms with Gasteiger partial charge in [-0.25, -0.2) is 0 Å². The first kappa shape index (κ1) is 13.1. The van der Waals surface area contributed by atoms with Gasteiger partial charge in [0.15, 0.2) is 0 Å². The first-order chi connectivity index (χ1) is 8.08. The van der Waals surface area contributed by atoms with Crippen molar-refractivity contribution < 1.29 is 4.79 Å². The monoisotopic (exact) mass is 316 g/mol. The molecule has 0 aromatic carbocycles. The molecular formula is C12H17BrN2OS. The van der Waals surface area contributed by atoms with E-state index < -0.39 is 0 Å². The lowest BCUT2D eigenvalue weighted by atomic mass is 10.0. The van der Waals surface area contributed by atoms with Gasteiger partial charge in [0.25, 0.3) is 0 Å². The average Bonchev–Trinajstić information content (AvgIpc) is 2.86. The molecule has 17 heavy (non-hydrogen) atoms. The molecule has 0 spiro atoms. The van der Waals surface area contributed by atoms with Crippen molar-refractivity contribution >= 4 is 33.2 Å². The Kier molecular flexibility index (Phi) is 4.22. The Balaban J connectivity index is 1.95. The van der Waals surface area contributed by atoms with Gasteiger partial charge in [0.1, 0.15) is 0 Å². The molecule has 5 heteroatoms.